The third-order valence-electron chi connectivity index (χ3n) is 3.57. The number of nitrogens with two attached hydrogens (primary N) is 1. The maximum atomic E-state index is 12.0. The zero-order valence-corrected chi connectivity index (χ0v) is 17.8. The minimum atomic E-state index is -5.57. The predicted octanol–water partition coefficient (Wildman–Crippen LogP) is 1.04. The first-order chi connectivity index (χ1) is 13.2. The standard InChI is InChI=1S/C11H17ClN3O11P3/c12-7-11(3-1-9(24-11)15-5-2-8(13)14-10(15)16)4-6-27(17,18)25-29(22,23)26-28(19,20)21/h2,4-6,9H,1,3,7H2,(H,17,18)(H,22,23)(H2,13,14,16)(H2,19,20,21). The smallest absolute Gasteiger partial charge is 0.383 e. The first-order valence-electron chi connectivity index (χ1n) is 7.58. The van der Waals surface area contributed by atoms with Crippen molar-refractivity contribution in [3.05, 3.63) is 34.6 Å². The Morgan fingerprint density at radius 3 is 2.55 bits per heavy atom. The summed E-state index contributed by atoms with van der Waals surface area (Å²) in [5, 5.41) is 0. The van der Waals surface area contributed by atoms with Crippen molar-refractivity contribution in [3.8, 4) is 0 Å². The van der Waals surface area contributed by atoms with Crippen LogP contribution in [0.4, 0.5) is 5.82 Å². The van der Waals surface area contributed by atoms with Crippen molar-refractivity contribution in [2.45, 2.75) is 24.7 Å². The Balaban J connectivity index is 2.17. The van der Waals surface area contributed by atoms with E-state index >= 15 is 0 Å². The molecule has 29 heavy (non-hydrogen) atoms. The van der Waals surface area contributed by atoms with Gasteiger partial charge in [0.05, 0.1) is 5.88 Å². The number of phosphoric acid groups is 2. The van der Waals surface area contributed by atoms with Crippen LogP contribution in [0, 0.1) is 0 Å². The SMILES string of the molecule is Nc1ccn(C2CCC(C=CP(=O)(O)OP(=O)(O)OP(=O)(O)O)(CCl)O2)c(=O)n1. The molecule has 0 amide bonds. The molecule has 0 bridgehead atoms. The van der Waals surface area contributed by atoms with E-state index in [1.807, 2.05) is 0 Å². The lowest BCUT2D eigenvalue weighted by molar-refractivity contribution is -0.0328. The summed E-state index contributed by atoms with van der Waals surface area (Å²) in [6.07, 6.45) is 1.97. The van der Waals surface area contributed by atoms with Gasteiger partial charge in [0.1, 0.15) is 17.6 Å². The number of rotatable bonds is 8. The fourth-order valence-electron chi connectivity index (χ4n) is 2.42. The van der Waals surface area contributed by atoms with E-state index in [1.165, 1.54) is 12.3 Å². The molecule has 4 atom stereocenters. The second-order valence-corrected chi connectivity index (χ2v) is 10.8. The van der Waals surface area contributed by atoms with Crippen LogP contribution in [0.15, 0.2) is 29.0 Å². The van der Waals surface area contributed by atoms with Crippen LogP contribution in [0.3, 0.4) is 0 Å². The maximum absolute atomic E-state index is 12.0. The molecule has 1 aromatic heterocycles. The molecule has 1 aliphatic heterocycles. The molecular formula is C11H17ClN3O11P3. The van der Waals surface area contributed by atoms with Crippen LogP contribution in [0.25, 0.3) is 0 Å². The summed E-state index contributed by atoms with van der Waals surface area (Å²) in [6.45, 7) is 0. The highest BCUT2D eigenvalue weighted by Crippen LogP contribution is 2.66. The Morgan fingerprint density at radius 2 is 2.00 bits per heavy atom. The molecule has 0 saturated carbocycles. The number of alkyl halides is 1. The summed E-state index contributed by atoms with van der Waals surface area (Å²) in [5.74, 6) is 0.248. The van der Waals surface area contributed by atoms with Gasteiger partial charge in [-0.05, 0) is 25.0 Å². The van der Waals surface area contributed by atoms with Crippen LogP contribution in [-0.4, -0.2) is 40.6 Å². The van der Waals surface area contributed by atoms with Gasteiger partial charge in [0.2, 0.25) is 0 Å². The normalized spacial score (nSPS) is 27.0. The van der Waals surface area contributed by atoms with Crippen molar-refractivity contribution >= 4 is 40.7 Å². The molecular weight excluding hydrogens is 479 g/mol. The Kier molecular flexibility index (Phi) is 7.32. The second kappa shape index (κ2) is 8.70. The first-order valence-corrected chi connectivity index (χ1v) is 12.8. The molecule has 1 aliphatic rings. The zero-order valence-electron chi connectivity index (χ0n) is 14.3. The lowest BCUT2D eigenvalue weighted by Crippen LogP contribution is -2.31. The van der Waals surface area contributed by atoms with Crippen LogP contribution in [0.5, 0.6) is 0 Å². The van der Waals surface area contributed by atoms with E-state index in [4.69, 9.17) is 31.9 Å². The molecule has 2 heterocycles. The van der Waals surface area contributed by atoms with E-state index in [2.05, 4.69) is 13.6 Å². The van der Waals surface area contributed by atoms with E-state index < -0.39 is 40.8 Å². The minimum Gasteiger partial charge on any atom is -0.383 e. The highest BCUT2D eigenvalue weighted by atomic mass is 35.5. The summed E-state index contributed by atoms with van der Waals surface area (Å²) >= 11 is 5.89. The molecule has 1 saturated heterocycles. The molecule has 0 aromatic carbocycles. The number of hydrogen-bond donors (Lipinski definition) is 5. The van der Waals surface area contributed by atoms with Gasteiger partial charge in [0.25, 0.3) is 0 Å². The van der Waals surface area contributed by atoms with Gasteiger partial charge in [-0.25, -0.2) is 18.2 Å². The third kappa shape index (κ3) is 7.09. The number of hydrogen-bond acceptors (Lipinski definition) is 9. The van der Waals surface area contributed by atoms with Crippen LogP contribution < -0.4 is 11.4 Å². The molecule has 18 heteroatoms. The summed E-state index contributed by atoms with van der Waals surface area (Å²) in [6, 6.07) is 1.37. The summed E-state index contributed by atoms with van der Waals surface area (Å²) in [7, 11) is -16.0. The quantitative estimate of drug-likeness (QED) is 0.251. The van der Waals surface area contributed by atoms with Crippen molar-refractivity contribution in [1.29, 1.82) is 0 Å². The fraction of sp³-hybridized carbons (Fsp3) is 0.455. The molecule has 1 aromatic rings. The van der Waals surface area contributed by atoms with Crippen molar-refractivity contribution in [1.82, 2.24) is 9.55 Å². The first kappa shape index (κ1) is 24.4. The van der Waals surface area contributed by atoms with Gasteiger partial charge in [0.15, 0.2) is 0 Å². The van der Waals surface area contributed by atoms with Gasteiger partial charge in [-0.3, -0.25) is 9.13 Å². The fourth-order valence-corrected chi connectivity index (χ4v) is 6.03. The summed E-state index contributed by atoms with van der Waals surface area (Å²) in [5.41, 5.74) is 3.38. The number of halogens is 1. The molecule has 2 rings (SSSR count). The number of aromatic nitrogens is 2. The Morgan fingerprint density at radius 1 is 1.34 bits per heavy atom. The van der Waals surface area contributed by atoms with E-state index in [-0.39, 0.29) is 24.5 Å². The van der Waals surface area contributed by atoms with Gasteiger partial charge in [-0.2, -0.15) is 9.29 Å². The lowest BCUT2D eigenvalue weighted by Gasteiger charge is -2.24. The number of nitrogens with zero attached hydrogens (tertiary/aromatic N) is 2. The van der Waals surface area contributed by atoms with E-state index in [0.29, 0.717) is 5.82 Å². The molecule has 0 aliphatic carbocycles. The summed E-state index contributed by atoms with van der Waals surface area (Å²) < 4.78 is 48.3. The Labute approximate surface area is 168 Å². The van der Waals surface area contributed by atoms with Crippen molar-refractivity contribution < 1.29 is 46.6 Å². The van der Waals surface area contributed by atoms with Crippen LogP contribution >= 0.6 is 34.8 Å². The van der Waals surface area contributed by atoms with Gasteiger partial charge in [0, 0.05) is 12.0 Å². The Bertz CT molecular complexity index is 994. The molecule has 1 fully saturated rings. The highest BCUT2D eigenvalue weighted by molar-refractivity contribution is 7.69. The molecule has 6 N–H and O–H groups in total. The maximum Gasteiger partial charge on any atom is 0.488 e. The van der Waals surface area contributed by atoms with Gasteiger partial charge < -0.3 is 30.0 Å². The highest BCUT2D eigenvalue weighted by Gasteiger charge is 2.42. The van der Waals surface area contributed by atoms with E-state index in [0.717, 1.165) is 10.6 Å². The van der Waals surface area contributed by atoms with Crippen molar-refractivity contribution in [2.75, 3.05) is 11.6 Å². The third-order valence-corrected chi connectivity index (χ3v) is 7.99. The van der Waals surface area contributed by atoms with Crippen LogP contribution in [0.2, 0.25) is 0 Å². The second-order valence-electron chi connectivity index (χ2n) is 5.85. The van der Waals surface area contributed by atoms with Crippen LogP contribution in [-0.2, 0) is 27.1 Å². The molecule has 164 valence electrons. The molecule has 0 spiro atoms. The number of ether oxygens (including phenoxy) is 1. The van der Waals surface area contributed by atoms with Crippen molar-refractivity contribution in [3.63, 3.8) is 0 Å². The molecule has 0 radical (unpaired) electrons. The van der Waals surface area contributed by atoms with Gasteiger partial charge in [-0.1, -0.05) is 0 Å². The zero-order chi connectivity index (χ0) is 22.1. The van der Waals surface area contributed by atoms with Gasteiger partial charge in [-0.15, -0.1) is 11.6 Å². The number of nitrogen functional groups attached to an aromatic ring is 1. The van der Waals surface area contributed by atoms with E-state index in [9.17, 15) is 28.3 Å². The monoisotopic (exact) mass is 495 g/mol. The minimum absolute atomic E-state index is 0.0112. The van der Waals surface area contributed by atoms with Crippen LogP contribution in [0.1, 0.15) is 19.1 Å². The van der Waals surface area contributed by atoms with Gasteiger partial charge >= 0.3 is 28.9 Å². The lowest BCUT2D eigenvalue weighted by atomic mass is 10.0. The molecule has 14 nitrogen and oxygen atoms in total. The topological polar surface area (TPSA) is 221 Å². The van der Waals surface area contributed by atoms with E-state index in [1.54, 1.807) is 0 Å². The Hall–Kier alpha value is -0.880. The average Bonchev–Trinajstić information content (AvgIpc) is 2.94. The van der Waals surface area contributed by atoms with Crippen molar-refractivity contribution in [2.24, 2.45) is 0 Å². The average molecular weight is 496 g/mol. The number of anilines is 1. The predicted molar refractivity (Wildman–Crippen MR) is 98.7 cm³/mol. The molecule has 4 unspecified atom stereocenters. The largest absolute Gasteiger partial charge is 0.488 e. The summed E-state index contributed by atoms with van der Waals surface area (Å²) in [4.78, 5) is 51.4.